The molecular weight excluding hydrogens is 224 g/mol. The Morgan fingerprint density at radius 1 is 0.500 bits per heavy atom. The van der Waals surface area contributed by atoms with E-state index in [2.05, 4.69) is 19.9 Å². The van der Waals surface area contributed by atoms with Crippen LogP contribution in [0.1, 0.15) is 0 Å². The fraction of sp³-hybridized carbons (Fsp3) is 0. The summed E-state index contributed by atoms with van der Waals surface area (Å²) in [6.45, 7) is 0. The van der Waals surface area contributed by atoms with Crippen LogP contribution in [0.3, 0.4) is 0 Å². The fourth-order valence-corrected chi connectivity index (χ4v) is 1.72. The summed E-state index contributed by atoms with van der Waals surface area (Å²) in [6.07, 6.45) is 6.81. The highest BCUT2D eigenvalue weighted by atomic mass is 14.9. The lowest BCUT2D eigenvalue weighted by Gasteiger charge is -2.05. The monoisotopic (exact) mass is 234 g/mol. The number of nitrogens with zero attached hydrogens (tertiary/aromatic N) is 4. The highest BCUT2D eigenvalue weighted by molar-refractivity contribution is 5.73. The van der Waals surface area contributed by atoms with Crippen molar-refractivity contribution in [3.05, 3.63) is 61.2 Å². The third kappa shape index (κ3) is 1.96. The normalized spacial score (nSPS) is 10.2. The lowest BCUT2D eigenvalue weighted by molar-refractivity contribution is 1.16. The summed E-state index contributed by atoms with van der Waals surface area (Å²) >= 11 is 0. The summed E-state index contributed by atoms with van der Waals surface area (Å²) in [4.78, 5) is 17.3. The van der Waals surface area contributed by atoms with Crippen LogP contribution in [-0.4, -0.2) is 19.9 Å². The van der Waals surface area contributed by atoms with Crippen LogP contribution in [0.25, 0.3) is 22.8 Å². The molecule has 3 aromatic heterocycles. The summed E-state index contributed by atoms with van der Waals surface area (Å²) in [5, 5.41) is 0. The maximum atomic E-state index is 4.36. The van der Waals surface area contributed by atoms with Crippen molar-refractivity contribution in [2.45, 2.75) is 0 Å². The molecule has 0 aliphatic rings. The molecule has 4 heteroatoms. The molecule has 0 aliphatic carbocycles. The zero-order valence-corrected chi connectivity index (χ0v) is 9.56. The largest absolute Gasteiger partial charge is 0.255 e. The van der Waals surface area contributed by atoms with Gasteiger partial charge in [-0.15, -0.1) is 0 Å². The summed E-state index contributed by atoms with van der Waals surface area (Å²) in [6, 6.07) is 11.4. The number of aromatic nitrogens is 4. The second-order valence-corrected chi connectivity index (χ2v) is 3.68. The number of pyridine rings is 2. The molecule has 3 heterocycles. The first-order valence-corrected chi connectivity index (χ1v) is 5.59. The van der Waals surface area contributed by atoms with Gasteiger partial charge in [0.15, 0.2) is 0 Å². The second kappa shape index (κ2) is 4.71. The Morgan fingerprint density at radius 2 is 1.00 bits per heavy atom. The predicted molar refractivity (Wildman–Crippen MR) is 68.5 cm³/mol. The fourth-order valence-electron chi connectivity index (χ4n) is 1.72. The van der Waals surface area contributed by atoms with Gasteiger partial charge in [0.25, 0.3) is 0 Å². The topological polar surface area (TPSA) is 51.6 Å². The van der Waals surface area contributed by atoms with Gasteiger partial charge in [-0.25, -0.2) is 0 Å². The Bertz CT molecular complexity index is 580. The molecule has 0 radical (unpaired) electrons. The van der Waals surface area contributed by atoms with Crippen LogP contribution in [0.2, 0.25) is 0 Å². The molecule has 0 unspecified atom stereocenters. The van der Waals surface area contributed by atoms with E-state index in [-0.39, 0.29) is 0 Å². The van der Waals surface area contributed by atoms with Crippen molar-refractivity contribution in [3.8, 4) is 22.8 Å². The third-order valence-electron chi connectivity index (χ3n) is 2.51. The lowest BCUT2D eigenvalue weighted by atomic mass is 10.1. The molecule has 0 atom stereocenters. The lowest BCUT2D eigenvalue weighted by Crippen LogP contribution is -1.95. The Hall–Kier alpha value is -2.62. The van der Waals surface area contributed by atoms with Gasteiger partial charge in [0.2, 0.25) is 0 Å². The Balaban J connectivity index is 2.18. The van der Waals surface area contributed by atoms with Crippen LogP contribution < -0.4 is 0 Å². The van der Waals surface area contributed by atoms with Crippen molar-refractivity contribution in [2.24, 2.45) is 0 Å². The maximum Gasteiger partial charge on any atom is 0.116 e. The third-order valence-corrected chi connectivity index (χ3v) is 2.51. The molecular formula is C14H10N4. The number of rotatable bonds is 2. The molecule has 86 valence electrons. The number of hydrogen-bond acceptors (Lipinski definition) is 4. The molecule has 0 aliphatic heterocycles. The Labute approximate surface area is 104 Å². The van der Waals surface area contributed by atoms with Gasteiger partial charge in [0.1, 0.15) is 11.4 Å². The minimum atomic E-state index is 0.747. The van der Waals surface area contributed by atoms with Gasteiger partial charge in [0.05, 0.1) is 11.4 Å². The highest BCUT2D eigenvalue weighted by Crippen LogP contribution is 2.24. The number of hydrogen-bond donors (Lipinski definition) is 0. The summed E-state index contributed by atoms with van der Waals surface area (Å²) < 4.78 is 0. The van der Waals surface area contributed by atoms with E-state index in [1.807, 2.05) is 36.4 Å². The molecule has 0 spiro atoms. The quantitative estimate of drug-likeness (QED) is 0.684. The maximum absolute atomic E-state index is 4.36. The van der Waals surface area contributed by atoms with Gasteiger partial charge in [0, 0.05) is 24.8 Å². The van der Waals surface area contributed by atoms with E-state index < -0.39 is 0 Å². The Kier molecular flexibility index (Phi) is 2.75. The summed E-state index contributed by atoms with van der Waals surface area (Å²) in [7, 11) is 0. The minimum absolute atomic E-state index is 0.747. The average Bonchev–Trinajstić information content (AvgIpc) is 2.49. The van der Waals surface area contributed by atoms with Gasteiger partial charge in [-0.05, 0) is 24.3 Å². The minimum Gasteiger partial charge on any atom is -0.255 e. The SMILES string of the molecule is c1ccc(-c2nccnc2-c2ccccn2)nc1. The predicted octanol–water partition coefficient (Wildman–Crippen LogP) is 2.60. The van der Waals surface area contributed by atoms with Gasteiger partial charge in [-0.3, -0.25) is 19.9 Å². The zero-order chi connectivity index (χ0) is 12.2. The van der Waals surface area contributed by atoms with E-state index in [1.165, 1.54) is 0 Å². The zero-order valence-electron chi connectivity index (χ0n) is 9.56. The smallest absolute Gasteiger partial charge is 0.116 e. The van der Waals surface area contributed by atoms with Crippen molar-refractivity contribution < 1.29 is 0 Å². The first-order valence-electron chi connectivity index (χ1n) is 5.59. The molecule has 0 aromatic carbocycles. The summed E-state index contributed by atoms with van der Waals surface area (Å²) in [5.74, 6) is 0. The molecule has 4 nitrogen and oxygen atoms in total. The molecule has 0 fully saturated rings. The molecule has 0 bridgehead atoms. The first kappa shape index (κ1) is 10.5. The average molecular weight is 234 g/mol. The van der Waals surface area contributed by atoms with Crippen molar-refractivity contribution in [1.82, 2.24) is 19.9 Å². The van der Waals surface area contributed by atoms with E-state index in [0.29, 0.717) is 0 Å². The van der Waals surface area contributed by atoms with Crippen LogP contribution >= 0.6 is 0 Å². The second-order valence-electron chi connectivity index (χ2n) is 3.68. The molecule has 0 saturated carbocycles. The van der Waals surface area contributed by atoms with Crippen molar-refractivity contribution in [1.29, 1.82) is 0 Å². The first-order chi connectivity index (χ1) is 8.95. The summed E-state index contributed by atoms with van der Waals surface area (Å²) in [5.41, 5.74) is 3.09. The van der Waals surface area contributed by atoms with Gasteiger partial charge in [-0.2, -0.15) is 0 Å². The van der Waals surface area contributed by atoms with Crippen LogP contribution in [-0.2, 0) is 0 Å². The van der Waals surface area contributed by atoms with E-state index in [9.17, 15) is 0 Å². The van der Waals surface area contributed by atoms with Crippen LogP contribution in [0.4, 0.5) is 0 Å². The van der Waals surface area contributed by atoms with Crippen LogP contribution in [0, 0.1) is 0 Å². The highest BCUT2D eigenvalue weighted by Gasteiger charge is 2.11. The van der Waals surface area contributed by atoms with Gasteiger partial charge < -0.3 is 0 Å². The van der Waals surface area contributed by atoms with E-state index in [0.717, 1.165) is 22.8 Å². The van der Waals surface area contributed by atoms with E-state index in [4.69, 9.17) is 0 Å². The Morgan fingerprint density at radius 3 is 1.39 bits per heavy atom. The molecule has 18 heavy (non-hydrogen) atoms. The van der Waals surface area contributed by atoms with E-state index in [1.54, 1.807) is 24.8 Å². The molecule has 0 amide bonds. The van der Waals surface area contributed by atoms with Gasteiger partial charge >= 0.3 is 0 Å². The molecule has 0 saturated heterocycles. The molecule has 3 aromatic rings. The van der Waals surface area contributed by atoms with Crippen LogP contribution in [0.15, 0.2) is 61.2 Å². The standard InChI is InChI=1S/C14H10N4/c1-3-7-15-11(5-1)13-14(18-10-9-17-13)12-6-2-4-8-16-12/h1-10H. The van der Waals surface area contributed by atoms with Crippen LogP contribution in [0.5, 0.6) is 0 Å². The van der Waals surface area contributed by atoms with Gasteiger partial charge in [-0.1, -0.05) is 12.1 Å². The molecule has 0 N–H and O–H groups in total. The van der Waals surface area contributed by atoms with E-state index >= 15 is 0 Å². The van der Waals surface area contributed by atoms with Crippen molar-refractivity contribution in [3.63, 3.8) is 0 Å². The van der Waals surface area contributed by atoms with Crippen molar-refractivity contribution >= 4 is 0 Å². The van der Waals surface area contributed by atoms with Crippen molar-refractivity contribution in [2.75, 3.05) is 0 Å². The molecule has 3 rings (SSSR count).